The molecule has 2 atom stereocenters. The first kappa shape index (κ1) is 17.8. The molecular weight excluding hydrogens is 258 g/mol. The van der Waals surface area contributed by atoms with Crippen molar-refractivity contribution in [2.24, 2.45) is 11.7 Å². The van der Waals surface area contributed by atoms with E-state index in [0.717, 1.165) is 12.8 Å². The summed E-state index contributed by atoms with van der Waals surface area (Å²) in [5.41, 5.74) is 10.7. The van der Waals surface area contributed by atoms with Gasteiger partial charge in [0.2, 0.25) is 0 Å². The average Bonchev–Trinajstić information content (AvgIpc) is 2.46. The fraction of sp³-hybridized carbons (Fsp3) is 0.579. The summed E-state index contributed by atoms with van der Waals surface area (Å²) in [6.45, 7) is 8.21. The van der Waals surface area contributed by atoms with Crippen molar-refractivity contribution in [3.8, 4) is 0 Å². The summed E-state index contributed by atoms with van der Waals surface area (Å²) >= 11 is 0. The number of ether oxygens (including phenoxy) is 1. The molecule has 1 rings (SSSR count). The molecule has 0 aromatic rings. The number of rotatable bonds is 8. The van der Waals surface area contributed by atoms with E-state index < -0.39 is 0 Å². The third kappa shape index (κ3) is 5.92. The van der Waals surface area contributed by atoms with Gasteiger partial charge in [-0.3, -0.25) is 0 Å². The quantitative estimate of drug-likeness (QED) is 0.392. The molecule has 1 aliphatic carbocycles. The predicted molar refractivity (Wildman–Crippen MR) is 92.0 cm³/mol. The number of hydrogen-bond donors (Lipinski definition) is 1. The smallest absolute Gasteiger partial charge is 0.0827 e. The van der Waals surface area contributed by atoms with E-state index in [2.05, 4.69) is 26.5 Å². The largest absolute Gasteiger partial charge is 0.504 e. The van der Waals surface area contributed by atoms with Gasteiger partial charge in [-0.2, -0.15) is 0 Å². The fourth-order valence-corrected chi connectivity index (χ4v) is 3.19. The van der Waals surface area contributed by atoms with Crippen LogP contribution in [0.5, 0.6) is 0 Å². The van der Waals surface area contributed by atoms with E-state index in [-0.39, 0.29) is 6.04 Å². The van der Waals surface area contributed by atoms with Gasteiger partial charge >= 0.3 is 0 Å². The molecule has 0 amide bonds. The Bertz CT molecular complexity index is 415. The van der Waals surface area contributed by atoms with E-state index in [1.807, 2.05) is 12.2 Å². The second-order valence-corrected chi connectivity index (χ2v) is 6.03. The van der Waals surface area contributed by atoms with Crippen LogP contribution in [0.3, 0.4) is 0 Å². The molecule has 21 heavy (non-hydrogen) atoms. The molecule has 0 aromatic heterocycles. The summed E-state index contributed by atoms with van der Waals surface area (Å²) in [6, 6.07) is 0.212. The van der Waals surface area contributed by atoms with Gasteiger partial charge in [-0.05, 0) is 69.9 Å². The maximum Gasteiger partial charge on any atom is 0.0827 e. The van der Waals surface area contributed by atoms with Crippen LogP contribution in [0.2, 0.25) is 0 Å². The van der Waals surface area contributed by atoms with Crippen molar-refractivity contribution < 1.29 is 4.74 Å². The summed E-state index contributed by atoms with van der Waals surface area (Å²) in [5.74, 6) is 0.495. The molecule has 0 heterocycles. The van der Waals surface area contributed by atoms with E-state index in [0.29, 0.717) is 5.92 Å². The van der Waals surface area contributed by atoms with Gasteiger partial charge in [0.15, 0.2) is 0 Å². The molecule has 0 saturated heterocycles. The molecule has 0 fully saturated rings. The van der Waals surface area contributed by atoms with Crippen molar-refractivity contribution >= 4 is 0 Å². The minimum absolute atomic E-state index is 0.212. The van der Waals surface area contributed by atoms with Gasteiger partial charge in [0, 0.05) is 6.04 Å². The molecule has 2 nitrogen and oxygen atoms in total. The molecule has 0 bridgehead atoms. The number of nitrogens with two attached hydrogens (primary N) is 1. The van der Waals surface area contributed by atoms with Crippen molar-refractivity contribution in [2.45, 2.75) is 58.4 Å². The Morgan fingerprint density at radius 2 is 2.10 bits per heavy atom. The van der Waals surface area contributed by atoms with Gasteiger partial charge in [-0.15, -0.1) is 0 Å². The Labute approximate surface area is 130 Å². The van der Waals surface area contributed by atoms with Crippen LogP contribution in [0.4, 0.5) is 0 Å². The van der Waals surface area contributed by atoms with E-state index in [9.17, 15) is 0 Å². The monoisotopic (exact) mass is 289 g/mol. The maximum absolute atomic E-state index is 6.27. The Kier molecular flexibility index (Phi) is 8.14. The maximum atomic E-state index is 6.27. The lowest BCUT2D eigenvalue weighted by molar-refractivity contribution is 0.337. The summed E-state index contributed by atoms with van der Waals surface area (Å²) < 4.78 is 5.02. The second kappa shape index (κ2) is 9.62. The summed E-state index contributed by atoms with van der Waals surface area (Å²) in [6.07, 6.45) is 14.9. The van der Waals surface area contributed by atoms with E-state index in [1.165, 1.54) is 31.3 Å². The Morgan fingerprint density at radius 1 is 1.38 bits per heavy atom. The molecule has 118 valence electrons. The van der Waals surface area contributed by atoms with Crippen LogP contribution in [-0.4, -0.2) is 13.2 Å². The van der Waals surface area contributed by atoms with Crippen LogP contribution in [0, 0.1) is 5.92 Å². The van der Waals surface area contributed by atoms with Crippen LogP contribution in [0.25, 0.3) is 0 Å². The highest BCUT2D eigenvalue weighted by Crippen LogP contribution is 2.34. The molecule has 0 saturated carbocycles. The van der Waals surface area contributed by atoms with Gasteiger partial charge < -0.3 is 10.5 Å². The van der Waals surface area contributed by atoms with Crippen LogP contribution >= 0.6 is 0 Å². The molecule has 0 spiro atoms. The normalized spacial score (nSPS) is 19.7. The Balaban J connectivity index is 2.77. The fourth-order valence-electron chi connectivity index (χ4n) is 3.19. The molecule has 1 aliphatic rings. The van der Waals surface area contributed by atoms with Gasteiger partial charge in [-0.1, -0.05) is 29.9 Å². The summed E-state index contributed by atoms with van der Waals surface area (Å²) in [4.78, 5) is 0. The van der Waals surface area contributed by atoms with Crippen molar-refractivity contribution in [3.05, 3.63) is 47.8 Å². The average molecular weight is 289 g/mol. The van der Waals surface area contributed by atoms with Crippen molar-refractivity contribution in [1.29, 1.82) is 0 Å². The van der Waals surface area contributed by atoms with Gasteiger partial charge in [-0.25, -0.2) is 0 Å². The summed E-state index contributed by atoms with van der Waals surface area (Å²) in [5, 5.41) is 0. The third-order valence-corrected chi connectivity index (χ3v) is 4.37. The lowest BCUT2D eigenvalue weighted by Crippen LogP contribution is -2.29. The minimum Gasteiger partial charge on any atom is -0.504 e. The standard InChI is InChI=1S/C19H31NO/c1-5-8-17(13-14-21-4)11-12-19(16(3)20)18-10-7-6-9-15(18)2/h5,8,13-14,16,19H,1,6-7,9-12,20H2,2-4H3/b14-13+,17-8-. The zero-order valence-electron chi connectivity index (χ0n) is 13.9. The first-order valence-electron chi connectivity index (χ1n) is 8.05. The number of hydrogen-bond acceptors (Lipinski definition) is 2. The minimum atomic E-state index is 0.212. The van der Waals surface area contributed by atoms with Crippen molar-refractivity contribution in [1.82, 2.24) is 0 Å². The zero-order chi connectivity index (χ0) is 15.7. The first-order valence-corrected chi connectivity index (χ1v) is 8.05. The molecule has 0 radical (unpaired) electrons. The molecular formula is C19H31NO. The molecule has 0 aromatic carbocycles. The molecule has 2 heteroatoms. The van der Waals surface area contributed by atoms with Gasteiger partial charge in [0.25, 0.3) is 0 Å². The van der Waals surface area contributed by atoms with Crippen LogP contribution in [0.1, 0.15) is 52.4 Å². The zero-order valence-corrected chi connectivity index (χ0v) is 13.9. The van der Waals surface area contributed by atoms with E-state index >= 15 is 0 Å². The highest BCUT2D eigenvalue weighted by atomic mass is 16.5. The Hall–Kier alpha value is -1.28. The second-order valence-electron chi connectivity index (χ2n) is 6.03. The van der Waals surface area contributed by atoms with Crippen molar-refractivity contribution in [2.75, 3.05) is 7.11 Å². The van der Waals surface area contributed by atoms with Crippen LogP contribution in [0.15, 0.2) is 47.8 Å². The molecule has 0 aliphatic heterocycles. The van der Waals surface area contributed by atoms with E-state index in [1.54, 1.807) is 24.5 Å². The van der Waals surface area contributed by atoms with Gasteiger partial charge in [0.1, 0.15) is 0 Å². The number of methoxy groups -OCH3 is 1. The molecule has 2 unspecified atom stereocenters. The number of allylic oxidation sites excluding steroid dienone is 5. The lowest BCUT2D eigenvalue weighted by Gasteiger charge is -2.29. The lowest BCUT2D eigenvalue weighted by atomic mass is 9.79. The predicted octanol–water partition coefficient (Wildman–Crippen LogP) is 4.89. The highest BCUT2D eigenvalue weighted by molar-refractivity contribution is 5.24. The third-order valence-electron chi connectivity index (χ3n) is 4.37. The molecule has 2 N–H and O–H groups in total. The first-order chi connectivity index (χ1) is 10.1. The van der Waals surface area contributed by atoms with Crippen molar-refractivity contribution in [3.63, 3.8) is 0 Å². The van der Waals surface area contributed by atoms with Crippen LogP contribution < -0.4 is 5.73 Å². The van der Waals surface area contributed by atoms with Gasteiger partial charge in [0.05, 0.1) is 13.4 Å². The van der Waals surface area contributed by atoms with Crippen LogP contribution in [-0.2, 0) is 4.74 Å². The Morgan fingerprint density at radius 3 is 2.67 bits per heavy atom. The summed E-state index contributed by atoms with van der Waals surface area (Å²) in [7, 11) is 1.67. The highest BCUT2D eigenvalue weighted by Gasteiger charge is 2.22. The van der Waals surface area contributed by atoms with E-state index in [4.69, 9.17) is 10.5 Å². The topological polar surface area (TPSA) is 35.2 Å². The SMILES string of the molecule is C=C/C=C(\C=C\OC)CCC(C1=C(C)CCCC1)C(C)N.